The van der Waals surface area contributed by atoms with Crippen molar-refractivity contribution in [1.29, 1.82) is 0 Å². The summed E-state index contributed by atoms with van der Waals surface area (Å²) in [6.45, 7) is 5.00. The first-order chi connectivity index (χ1) is 4.20. The van der Waals surface area contributed by atoms with Gasteiger partial charge in [0.1, 0.15) is 0 Å². The van der Waals surface area contributed by atoms with E-state index in [4.69, 9.17) is 12.2 Å². The minimum Gasteiger partial charge on any atom is -0.359 e. The molecule has 1 aliphatic rings. The van der Waals surface area contributed by atoms with E-state index in [-0.39, 0.29) is 0 Å². The lowest BCUT2D eigenvalue weighted by Gasteiger charge is -2.19. The first-order valence-electron chi connectivity index (χ1n) is 2.91. The van der Waals surface area contributed by atoms with Crippen molar-refractivity contribution in [2.45, 2.75) is 13.8 Å². The molecule has 0 spiro atoms. The number of rotatable bonds is 0. The summed E-state index contributed by atoms with van der Waals surface area (Å²) in [6, 6.07) is 0. The fourth-order valence-electron chi connectivity index (χ4n) is 0.667. The molecule has 9 heavy (non-hydrogen) atoms. The summed E-state index contributed by atoms with van der Waals surface area (Å²) in [6.07, 6.45) is 0. The van der Waals surface area contributed by atoms with Gasteiger partial charge >= 0.3 is 0 Å². The van der Waals surface area contributed by atoms with Crippen molar-refractivity contribution < 1.29 is 0 Å². The van der Waals surface area contributed by atoms with Gasteiger partial charge in [0, 0.05) is 12.2 Å². The van der Waals surface area contributed by atoms with Crippen LogP contribution in [-0.2, 0) is 0 Å². The molecule has 2 N–H and O–H groups in total. The van der Waals surface area contributed by atoms with Crippen LogP contribution in [0.25, 0.3) is 0 Å². The summed E-state index contributed by atoms with van der Waals surface area (Å²) in [7, 11) is 0. The molecular weight excluding hydrogens is 132 g/mol. The standard InChI is InChI=1S/C6H10N2S/c1-4-3-7-6(9)8-5(4)2/h3H2,1-2H3,(H2,7,8,9). The lowest BCUT2D eigenvalue weighted by Crippen LogP contribution is -2.40. The molecule has 0 radical (unpaired) electrons. The van der Waals surface area contributed by atoms with Gasteiger partial charge in [0.15, 0.2) is 5.11 Å². The second-order valence-electron chi connectivity index (χ2n) is 2.21. The van der Waals surface area contributed by atoms with E-state index < -0.39 is 0 Å². The molecule has 0 saturated heterocycles. The summed E-state index contributed by atoms with van der Waals surface area (Å²) in [4.78, 5) is 0. The number of hydrogen-bond acceptors (Lipinski definition) is 1. The van der Waals surface area contributed by atoms with Crippen LogP contribution in [0.5, 0.6) is 0 Å². The Labute approximate surface area is 60.3 Å². The van der Waals surface area contributed by atoms with E-state index in [0.717, 1.165) is 11.7 Å². The summed E-state index contributed by atoms with van der Waals surface area (Å²) in [5, 5.41) is 6.79. The van der Waals surface area contributed by atoms with Crippen molar-refractivity contribution in [1.82, 2.24) is 10.6 Å². The quantitative estimate of drug-likeness (QED) is 0.488. The highest BCUT2D eigenvalue weighted by Crippen LogP contribution is 2.01. The van der Waals surface area contributed by atoms with Gasteiger partial charge in [0.05, 0.1) is 0 Å². The Bertz CT molecular complexity index is 172. The Hall–Kier alpha value is -0.570. The third-order valence-corrected chi connectivity index (χ3v) is 1.70. The van der Waals surface area contributed by atoms with Gasteiger partial charge in [-0.3, -0.25) is 0 Å². The molecule has 0 saturated carbocycles. The number of nitrogens with one attached hydrogen (secondary N) is 2. The number of hydrogen-bond donors (Lipinski definition) is 2. The predicted octanol–water partition coefficient (Wildman–Crippen LogP) is 0.758. The summed E-state index contributed by atoms with van der Waals surface area (Å²) >= 11 is 4.88. The topological polar surface area (TPSA) is 24.1 Å². The summed E-state index contributed by atoms with van der Waals surface area (Å²) in [5.41, 5.74) is 2.50. The maximum Gasteiger partial charge on any atom is 0.170 e. The van der Waals surface area contributed by atoms with E-state index in [1.54, 1.807) is 0 Å². The molecule has 1 heterocycles. The second-order valence-corrected chi connectivity index (χ2v) is 2.62. The van der Waals surface area contributed by atoms with Crippen molar-refractivity contribution in [3.63, 3.8) is 0 Å². The normalized spacial score (nSPS) is 19.1. The minimum absolute atomic E-state index is 0.734. The maximum atomic E-state index is 4.88. The molecule has 1 rings (SSSR count). The van der Waals surface area contributed by atoms with E-state index in [2.05, 4.69) is 17.6 Å². The van der Waals surface area contributed by atoms with Gasteiger partial charge in [0.2, 0.25) is 0 Å². The molecular formula is C6H10N2S. The zero-order valence-corrected chi connectivity index (χ0v) is 6.43. The fraction of sp³-hybridized carbons (Fsp3) is 0.500. The van der Waals surface area contributed by atoms with Crippen LogP contribution in [0.15, 0.2) is 11.3 Å². The van der Waals surface area contributed by atoms with Crippen molar-refractivity contribution in [3.8, 4) is 0 Å². The molecule has 0 aromatic rings. The van der Waals surface area contributed by atoms with Gasteiger partial charge in [-0.05, 0) is 31.6 Å². The lowest BCUT2D eigenvalue weighted by atomic mass is 10.2. The lowest BCUT2D eigenvalue weighted by molar-refractivity contribution is 0.863. The zero-order chi connectivity index (χ0) is 6.85. The van der Waals surface area contributed by atoms with Crippen LogP contribution in [0.3, 0.4) is 0 Å². The monoisotopic (exact) mass is 142 g/mol. The molecule has 0 aromatic heterocycles. The predicted molar refractivity (Wildman–Crippen MR) is 42.1 cm³/mol. The zero-order valence-electron chi connectivity index (χ0n) is 5.62. The third kappa shape index (κ3) is 1.42. The van der Waals surface area contributed by atoms with Gasteiger partial charge in [-0.2, -0.15) is 0 Å². The average molecular weight is 142 g/mol. The molecule has 0 atom stereocenters. The number of thiocarbonyl (C=S) groups is 1. The fourth-order valence-corrected chi connectivity index (χ4v) is 0.892. The third-order valence-electron chi connectivity index (χ3n) is 1.46. The Morgan fingerprint density at radius 2 is 2.11 bits per heavy atom. The molecule has 50 valence electrons. The maximum absolute atomic E-state index is 4.88. The van der Waals surface area contributed by atoms with Gasteiger partial charge in [-0.15, -0.1) is 0 Å². The molecule has 0 unspecified atom stereocenters. The highest BCUT2D eigenvalue weighted by Gasteiger charge is 2.05. The highest BCUT2D eigenvalue weighted by molar-refractivity contribution is 7.80. The molecule has 0 amide bonds. The Kier molecular flexibility index (Phi) is 1.71. The molecule has 3 heteroatoms. The average Bonchev–Trinajstić information content (AvgIpc) is 1.80. The molecule has 0 aliphatic carbocycles. The van der Waals surface area contributed by atoms with Gasteiger partial charge in [0.25, 0.3) is 0 Å². The first-order valence-corrected chi connectivity index (χ1v) is 3.32. The van der Waals surface area contributed by atoms with Crippen LogP contribution in [0, 0.1) is 0 Å². The van der Waals surface area contributed by atoms with E-state index in [1.165, 1.54) is 11.3 Å². The first kappa shape index (κ1) is 6.55. The van der Waals surface area contributed by atoms with Crippen LogP contribution in [0.1, 0.15) is 13.8 Å². The van der Waals surface area contributed by atoms with Gasteiger partial charge in [-0.25, -0.2) is 0 Å². The molecule has 1 aliphatic heterocycles. The minimum atomic E-state index is 0.734. The van der Waals surface area contributed by atoms with Crippen LogP contribution >= 0.6 is 12.2 Å². The van der Waals surface area contributed by atoms with Gasteiger partial charge < -0.3 is 10.6 Å². The summed E-state index contributed by atoms with van der Waals surface area (Å²) < 4.78 is 0. The second kappa shape index (κ2) is 2.35. The largest absolute Gasteiger partial charge is 0.359 e. The van der Waals surface area contributed by atoms with E-state index >= 15 is 0 Å². The highest BCUT2D eigenvalue weighted by atomic mass is 32.1. The molecule has 0 bridgehead atoms. The van der Waals surface area contributed by atoms with Crippen molar-refractivity contribution in [2.24, 2.45) is 0 Å². The van der Waals surface area contributed by atoms with Crippen molar-refractivity contribution in [2.75, 3.05) is 6.54 Å². The van der Waals surface area contributed by atoms with Crippen LogP contribution in [-0.4, -0.2) is 11.7 Å². The Morgan fingerprint density at radius 1 is 1.44 bits per heavy atom. The van der Waals surface area contributed by atoms with E-state index in [0.29, 0.717) is 0 Å². The van der Waals surface area contributed by atoms with Crippen LogP contribution < -0.4 is 10.6 Å². The van der Waals surface area contributed by atoms with Crippen molar-refractivity contribution in [3.05, 3.63) is 11.3 Å². The Balaban J connectivity index is 2.72. The van der Waals surface area contributed by atoms with Crippen LogP contribution in [0.2, 0.25) is 0 Å². The van der Waals surface area contributed by atoms with Gasteiger partial charge in [-0.1, -0.05) is 0 Å². The van der Waals surface area contributed by atoms with E-state index in [9.17, 15) is 0 Å². The smallest absolute Gasteiger partial charge is 0.170 e. The van der Waals surface area contributed by atoms with Crippen molar-refractivity contribution >= 4 is 17.3 Å². The van der Waals surface area contributed by atoms with E-state index in [1.807, 2.05) is 6.92 Å². The molecule has 0 aromatic carbocycles. The van der Waals surface area contributed by atoms with Crippen LogP contribution in [0.4, 0.5) is 0 Å². The molecule has 0 fully saturated rings. The summed E-state index contributed by atoms with van der Waals surface area (Å²) in [5.74, 6) is 0. The SMILES string of the molecule is CC1=C(C)NC(=S)NC1. The Morgan fingerprint density at radius 3 is 2.56 bits per heavy atom. The number of allylic oxidation sites excluding steroid dienone is 1. The molecule has 2 nitrogen and oxygen atoms in total.